The number of hydrogen-bond donors (Lipinski definition) is 1. The number of carbonyl (C=O) groups is 1. The third kappa shape index (κ3) is 2.94. The maximum Gasteiger partial charge on any atom is 0.239 e. The molecule has 1 N–H and O–H groups in total. The number of carbonyl (C=O) groups excluding carboxylic acids is 1. The molecule has 3 heterocycles. The van der Waals surface area contributed by atoms with Crippen LogP contribution in [0.15, 0.2) is 36.7 Å². The van der Waals surface area contributed by atoms with Crippen molar-refractivity contribution in [3.8, 4) is 11.1 Å². The lowest BCUT2D eigenvalue weighted by Gasteiger charge is -2.16. The summed E-state index contributed by atoms with van der Waals surface area (Å²) in [5.74, 6) is 2.13. The van der Waals surface area contributed by atoms with Gasteiger partial charge in [0.1, 0.15) is 0 Å². The molecule has 2 atom stereocenters. The molecule has 1 aliphatic heterocycles. The molecule has 2 aromatic heterocycles. The van der Waals surface area contributed by atoms with Crippen molar-refractivity contribution in [3.63, 3.8) is 0 Å². The minimum Gasteiger partial charge on any atom is -0.308 e. The molecule has 2 aliphatic rings. The normalized spacial score (nSPS) is 21.7. The van der Waals surface area contributed by atoms with E-state index in [2.05, 4.69) is 25.5 Å². The standard InChI is InChI=1S/C19H20N6O/c1-24-8-16(7-20-24)12-2-3-17-13(4-12)6-18(23-22-17)21-19(26)11-25-9-14-5-15(14)10-25/h2-4,6-8,14-15H,5,9-11H2,1H3,(H,21,23,26). The minimum atomic E-state index is -0.0247. The smallest absolute Gasteiger partial charge is 0.239 e. The van der Waals surface area contributed by atoms with E-state index >= 15 is 0 Å². The van der Waals surface area contributed by atoms with E-state index in [1.54, 1.807) is 4.68 Å². The Balaban J connectivity index is 1.33. The third-order valence-corrected chi connectivity index (χ3v) is 5.31. The predicted octanol–water partition coefficient (Wildman–Crippen LogP) is 1.92. The van der Waals surface area contributed by atoms with Crippen LogP contribution in [0.5, 0.6) is 0 Å². The van der Waals surface area contributed by atoms with Crippen molar-refractivity contribution < 1.29 is 4.79 Å². The number of aromatic nitrogens is 4. The first-order valence-corrected chi connectivity index (χ1v) is 8.93. The van der Waals surface area contributed by atoms with Crippen LogP contribution in [-0.2, 0) is 11.8 Å². The molecule has 0 spiro atoms. The predicted molar refractivity (Wildman–Crippen MR) is 98.4 cm³/mol. The van der Waals surface area contributed by atoms with E-state index in [0.717, 1.165) is 47.0 Å². The molecule has 132 valence electrons. The highest BCUT2D eigenvalue weighted by Crippen LogP contribution is 2.44. The molecule has 7 nitrogen and oxygen atoms in total. The van der Waals surface area contributed by atoms with Crippen LogP contribution in [0, 0.1) is 11.8 Å². The Bertz CT molecular complexity index is 987. The summed E-state index contributed by atoms with van der Waals surface area (Å²) < 4.78 is 1.78. The van der Waals surface area contributed by atoms with Gasteiger partial charge in [-0.05, 0) is 42.0 Å². The highest BCUT2D eigenvalue weighted by molar-refractivity contribution is 5.93. The van der Waals surface area contributed by atoms with Crippen LogP contribution in [0.4, 0.5) is 5.82 Å². The van der Waals surface area contributed by atoms with Gasteiger partial charge < -0.3 is 5.32 Å². The molecule has 7 heteroatoms. The van der Waals surface area contributed by atoms with Crippen LogP contribution < -0.4 is 5.32 Å². The molecule has 0 bridgehead atoms. The summed E-state index contributed by atoms with van der Waals surface area (Å²) in [6.07, 6.45) is 5.14. The fourth-order valence-corrected chi connectivity index (χ4v) is 3.87. The number of nitrogens with one attached hydrogen (secondary N) is 1. The number of fused-ring (bicyclic) bond motifs is 2. The Morgan fingerprint density at radius 3 is 2.81 bits per heavy atom. The van der Waals surface area contributed by atoms with Gasteiger partial charge in [0, 0.05) is 37.3 Å². The van der Waals surface area contributed by atoms with Crippen molar-refractivity contribution in [3.05, 3.63) is 36.7 Å². The number of nitrogens with zero attached hydrogens (tertiary/aromatic N) is 5. The number of amides is 1. The maximum atomic E-state index is 12.3. The molecule has 0 radical (unpaired) electrons. The third-order valence-electron chi connectivity index (χ3n) is 5.31. The van der Waals surface area contributed by atoms with Crippen LogP contribution in [0.25, 0.3) is 22.0 Å². The Morgan fingerprint density at radius 1 is 1.19 bits per heavy atom. The zero-order valence-electron chi connectivity index (χ0n) is 14.6. The highest BCUT2D eigenvalue weighted by Gasteiger charge is 2.45. The van der Waals surface area contributed by atoms with Crippen molar-refractivity contribution in [2.24, 2.45) is 18.9 Å². The fourth-order valence-electron chi connectivity index (χ4n) is 3.87. The van der Waals surface area contributed by atoms with Gasteiger partial charge in [0.05, 0.1) is 18.3 Å². The Kier molecular flexibility index (Phi) is 3.49. The first-order chi connectivity index (χ1) is 12.6. The van der Waals surface area contributed by atoms with Crippen molar-refractivity contribution in [1.29, 1.82) is 0 Å². The van der Waals surface area contributed by atoms with E-state index in [4.69, 9.17) is 0 Å². The Labute approximate surface area is 151 Å². The van der Waals surface area contributed by atoms with Crippen molar-refractivity contribution >= 4 is 22.6 Å². The number of piperidine rings is 1. The number of hydrogen-bond acceptors (Lipinski definition) is 5. The zero-order chi connectivity index (χ0) is 17.7. The average Bonchev–Trinajstić information content (AvgIpc) is 3.01. The van der Waals surface area contributed by atoms with E-state index in [-0.39, 0.29) is 5.91 Å². The maximum absolute atomic E-state index is 12.3. The quantitative estimate of drug-likeness (QED) is 0.780. The summed E-state index contributed by atoms with van der Waals surface area (Å²) >= 11 is 0. The number of rotatable bonds is 4. The Hall–Kier alpha value is -2.80. The average molecular weight is 348 g/mol. The van der Waals surface area contributed by atoms with Gasteiger partial charge in [-0.2, -0.15) is 5.10 Å². The number of anilines is 1. The summed E-state index contributed by atoms with van der Waals surface area (Å²) in [5, 5.41) is 16.4. The van der Waals surface area contributed by atoms with Crippen molar-refractivity contribution in [1.82, 2.24) is 24.9 Å². The molecular formula is C19H20N6O. The summed E-state index contributed by atoms with van der Waals surface area (Å²) in [7, 11) is 1.90. The van der Waals surface area contributed by atoms with Gasteiger partial charge in [-0.15, -0.1) is 10.2 Å². The minimum absolute atomic E-state index is 0.0247. The molecular weight excluding hydrogens is 328 g/mol. The van der Waals surface area contributed by atoms with E-state index in [1.807, 2.05) is 43.7 Å². The summed E-state index contributed by atoms with van der Waals surface area (Å²) in [5.41, 5.74) is 2.91. The van der Waals surface area contributed by atoms with E-state index in [1.165, 1.54) is 6.42 Å². The van der Waals surface area contributed by atoms with Gasteiger partial charge in [0.25, 0.3) is 0 Å². The second-order valence-corrected chi connectivity index (χ2v) is 7.40. The van der Waals surface area contributed by atoms with Gasteiger partial charge in [0.2, 0.25) is 5.91 Å². The first-order valence-electron chi connectivity index (χ1n) is 8.93. The van der Waals surface area contributed by atoms with Crippen LogP contribution >= 0.6 is 0 Å². The van der Waals surface area contributed by atoms with Crippen molar-refractivity contribution in [2.45, 2.75) is 6.42 Å². The topological polar surface area (TPSA) is 75.9 Å². The van der Waals surface area contributed by atoms with E-state index in [0.29, 0.717) is 12.4 Å². The molecule has 2 unspecified atom stereocenters. The van der Waals surface area contributed by atoms with E-state index < -0.39 is 0 Å². The molecule has 5 rings (SSSR count). The molecule has 1 aromatic carbocycles. The first kappa shape index (κ1) is 15.5. The van der Waals surface area contributed by atoms with Gasteiger partial charge in [-0.3, -0.25) is 14.4 Å². The largest absolute Gasteiger partial charge is 0.308 e. The Morgan fingerprint density at radius 2 is 2.04 bits per heavy atom. The number of likely N-dealkylation sites (tertiary alicyclic amines) is 1. The monoisotopic (exact) mass is 348 g/mol. The summed E-state index contributed by atoms with van der Waals surface area (Å²) in [6, 6.07) is 7.87. The molecule has 2 fully saturated rings. The van der Waals surface area contributed by atoms with Crippen LogP contribution in [0.2, 0.25) is 0 Å². The number of benzene rings is 1. The lowest BCUT2D eigenvalue weighted by molar-refractivity contribution is -0.117. The van der Waals surface area contributed by atoms with Crippen LogP contribution in [0.3, 0.4) is 0 Å². The van der Waals surface area contributed by atoms with Crippen molar-refractivity contribution in [2.75, 3.05) is 25.0 Å². The second-order valence-electron chi connectivity index (χ2n) is 7.40. The lowest BCUT2D eigenvalue weighted by Crippen LogP contribution is -2.33. The molecule has 1 amide bonds. The molecule has 26 heavy (non-hydrogen) atoms. The summed E-state index contributed by atoms with van der Waals surface area (Å²) in [6.45, 7) is 2.54. The van der Waals surface area contributed by atoms with Crippen LogP contribution in [0.1, 0.15) is 6.42 Å². The molecule has 1 saturated heterocycles. The van der Waals surface area contributed by atoms with E-state index in [9.17, 15) is 4.79 Å². The molecule has 1 saturated carbocycles. The lowest BCUT2D eigenvalue weighted by atomic mass is 10.1. The second kappa shape index (κ2) is 5.88. The SMILES string of the molecule is Cn1cc(-c2ccc3nnc(NC(=O)CN4CC5CC5C4)cc3c2)cn1. The van der Waals surface area contributed by atoms with Crippen LogP contribution in [-0.4, -0.2) is 50.4 Å². The fraction of sp³-hybridized carbons (Fsp3) is 0.368. The molecule has 3 aromatic rings. The molecule has 1 aliphatic carbocycles. The highest BCUT2D eigenvalue weighted by atomic mass is 16.2. The van der Waals surface area contributed by atoms with Gasteiger partial charge >= 0.3 is 0 Å². The van der Waals surface area contributed by atoms with Gasteiger partial charge in [-0.1, -0.05) is 6.07 Å². The van der Waals surface area contributed by atoms with Gasteiger partial charge in [-0.25, -0.2) is 0 Å². The number of aryl methyl sites for hydroxylation is 1. The van der Waals surface area contributed by atoms with Gasteiger partial charge in [0.15, 0.2) is 5.82 Å². The zero-order valence-corrected chi connectivity index (χ0v) is 14.6. The summed E-state index contributed by atoms with van der Waals surface area (Å²) in [4.78, 5) is 14.5.